The summed E-state index contributed by atoms with van der Waals surface area (Å²) < 4.78 is 64.5. The van der Waals surface area contributed by atoms with E-state index < -0.39 is 46.2 Å². The van der Waals surface area contributed by atoms with Crippen molar-refractivity contribution in [2.45, 2.75) is 6.18 Å². The number of hydrogen-bond acceptors (Lipinski definition) is 3. The summed E-state index contributed by atoms with van der Waals surface area (Å²) >= 11 is 0. The van der Waals surface area contributed by atoms with E-state index in [1.807, 2.05) is 5.21 Å². The predicted molar refractivity (Wildman–Crippen MR) is 55.3 cm³/mol. The molecule has 0 bridgehead atoms. The van der Waals surface area contributed by atoms with Gasteiger partial charge >= 0.3 is 6.18 Å². The van der Waals surface area contributed by atoms with Crippen LogP contribution in [0, 0.1) is 11.6 Å². The van der Waals surface area contributed by atoms with Crippen LogP contribution in [0.15, 0.2) is 12.1 Å². The third kappa shape index (κ3) is 2.31. The van der Waals surface area contributed by atoms with Crippen LogP contribution in [0.25, 0.3) is 11.3 Å². The quantitative estimate of drug-likeness (QED) is 0.829. The average Bonchev–Trinajstić information content (AvgIpc) is 2.75. The summed E-state index contributed by atoms with van der Waals surface area (Å²) in [4.78, 5) is 11.0. The molecule has 0 atom stereocenters. The van der Waals surface area contributed by atoms with Crippen LogP contribution in [0.5, 0.6) is 0 Å². The van der Waals surface area contributed by atoms with E-state index in [0.29, 0.717) is 0 Å². The molecule has 0 radical (unpaired) electrons. The van der Waals surface area contributed by atoms with E-state index >= 15 is 0 Å². The van der Waals surface area contributed by atoms with E-state index in [0.717, 1.165) is 0 Å². The predicted octanol–water partition coefficient (Wildman–Crippen LogP) is 1.87. The first-order chi connectivity index (χ1) is 9.21. The molecule has 0 aliphatic heterocycles. The highest BCUT2D eigenvalue weighted by Gasteiger charge is 2.33. The largest absolute Gasteiger partial charge is 0.416 e. The Labute approximate surface area is 107 Å². The molecular weight excluding hydrogens is 287 g/mol. The van der Waals surface area contributed by atoms with Crippen LogP contribution in [0.1, 0.15) is 16.1 Å². The lowest BCUT2D eigenvalue weighted by Gasteiger charge is -2.09. The number of benzene rings is 1. The first-order valence-corrected chi connectivity index (χ1v) is 4.99. The van der Waals surface area contributed by atoms with Crippen molar-refractivity contribution in [1.82, 2.24) is 15.4 Å². The summed E-state index contributed by atoms with van der Waals surface area (Å²) in [5.74, 6) is -4.20. The topological polar surface area (TPSA) is 84.7 Å². The number of nitrogens with zero attached hydrogens (tertiary/aromatic N) is 2. The van der Waals surface area contributed by atoms with Crippen LogP contribution in [0.4, 0.5) is 22.0 Å². The summed E-state index contributed by atoms with van der Waals surface area (Å²) in [6, 6.07) is 0.190. The number of H-pyrrole nitrogens is 1. The number of primary amides is 1. The fraction of sp³-hybridized carbons (Fsp3) is 0.100. The van der Waals surface area contributed by atoms with Gasteiger partial charge in [0.05, 0.1) is 11.1 Å². The van der Waals surface area contributed by atoms with Gasteiger partial charge in [-0.3, -0.25) is 4.79 Å². The van der Waals surface area contributed by atoms with Crippen LogP contribution in [0.3, 0.4) is 0 Å². The monoisotopic (exact) mass is 292 g/mol. The summed E-state index contributed by atoms with van der Waals surface area (Å²) in [5.41, 5.74) is 1.32. The van der Waals surface area contributed by atoms with Gasteiger partial charge in [0.1, 0.15) is 17.3 Å². The highest BCUT2D eigenvalue weighted by molar-refractivity contribution is 5.96. The number of carbonyl (C=O) groups excluding carboxylic acids is 1. The maximum Gasteiger partial charge on any atom is 0.416 e. The number of aromatic nitrogens is 3. The number of rotatable bonds is 2. The van der Waals surface area contributed by atoms with E-state index in [1.54, 1.807) is 0 Å². The summed E-state index contributed by atoms with van der Waals surface area (Å²) in [6.45, 7) is 0. The van der Waals surface area contributed by atoms with Gasteiger partial charge in [0.25, 0.3) is 5.91 Å². The van der Waals surface area contributed by atoms with Crippen molar-refractivity contribution in [2.75, 3.05) is 0 Å². The molecule has 0 unspecified atom stereocenters. The number of nitrogens with one attached hydrogen (secondary N) is 1. The lowest BCUT2D eigenvalue weighted by Crippen LogP contribution is -2.14. The van der Waals surface area contributed by atoms with E-state index in [9.17, 15) is 26.7 Å². The van der Waals surface area contributed by atoms with Gasteiger partial charge in [0, 0.05) is 0 Å². The van der Waals surface area contributed by atoms with E-state index in [2.05, 4.69) is 10.2 Å². The molecule has 10 heteroatoms. The van der Waals surface area contributed by atoms with E-state index in [1.165, 1.54) is 0 Å². The molecule has 0 fully saturated rings. The Morgan fingerprint density at radius 3 is 2.15 bits per heavy atom. The zero-order valence-corrected chi connectivity index (χ0v) is 9.42. The first-order valence-electron chi connectivity index (χ1n) is 4.99. The van der Waals surface area contributed by atoms with Crippen molar-refractivity contribution in [3.8, 4) is 11.3 Å². The van der Waals surface area contributed by atoms with Crippen molar-refractivity contribution in [1.29, 1.82) is 0 Å². The molecule has 1 aromatic heterocycles. The standard InChI is InChI=1S/C10H5F5N4O/c11-4-1-3(10(13,14)15)2-5(12)6(4)7-8(9(16)20)18-19-17-7/h1-2H,(H2,16,20)(H,17,18,19). The highest BCUT2D eigenvalue weighted by atomic mass is 19.4. The molecule has 1 amide bonds. The van der Waals surface area contributed by atoms with Crippen molar-refractivity contribution in [3.63, 3.8) is 0 Å². The maximum atomic E-state index is 13.7. The molecule has 1 aromatic carbocycles. The number of nitrogens with two attached hydrogens (primary N) is 1. The summed E-state index contributed by atoms with van der Waals surface area (Å²) in [7, 11) is 0. The van der Waals surface area contributed by atoms with Gasteiger partial charge in [-0.2, -0.15) is 28.6 Å². The van der Waals surface area contributed by atoms with Crippen molar-refractivity contribution in [2.24, 2.45) is 5.73 Å². The second-order valence-corrected chi connectivity index (χ2v) is 3.70. The number of halogens is 5. The smallest absolute Gasteiger partial charge is 0.364 e. The number of amides is 1. The summed E-state index contributed by atoms with van der Waals surface area (Å²) in [6.07, 6.45) is -4.91. The van der Waals surface area contributed by atoms with E-state index in [-0.39, 0.29) is 12.1 Å². The van der Waals surface area contributed by atoms with Gasteiger partial charge in [-0.1, -0.05) is 0 Å². The number of aromatic amines is 1. The van der Waals surface area contributed by atoms with Gasteiger partial charge in [0.15, 0.2) is 5.69 Å². The number of carbonyl (C=O) groups is 1. The van der Waals surface area contributed by atoms with Gasteiger partial charge in [-0.05, 0) is 12.1 Å². The fourth-order valence-electron chi connectivity index (χ4n) is 1.54. The van der Waals surface area contributed by atoms with Gasteiger partial charge in [-0.15, -0.1) is 0 Å². The Morgan fingerprint density at radius 2 is 1.70 bits per heavy atom. The molecule has 1 heterocycles. The first kappa shape index (κ1) is 13.9. The molecule has 5 nitrogen and oxygen atoms in total. The Balaban J connectivity index is 2.65. The molecular formula is C10H5F5N4O. The van der Waals surface area contributed by atoms with Gasteiger partial charge in [0.2, 0.25) is 0 Å². The van der Waals surface area contributed by atoms with Crippen LogP contribution in [0.2, 0.25) is 0 Å². The third-order valence-corrected chi connectivity index (χ3v) is 2.39. The molecule has 2 aromatic rings. The molecule has 0 aliphatic carbocycles. The molecule has 0 saturated carbocycles. The molecule has 0 spiro atoms. The van der Waals surface area contributed by atoms with E-state index in [4.69, 9.17) is 5.73 Å². The van der Waals surface area contributed by atoms with Gasteiger partial charge < -0.3 is 5.73 Å². The van der Waals surface area contributed by atoms with Crippen LogP contribution in [-0.2, 0) is 6.18 Å². The van der Waals surface area contributed by atoms with Crippen LogP contribution in [-0.4, -0.2) is 21.3 Å². The Kier molecular flexibility index (Phi) is 3.16. The molecule has 20 heavy (non-hydrogen) atoms. The second kappa shape index (κ2) is 4.54. The van der Waals surface area contributed by atoms with Crippen molar-refractivity contribution >= 4 is 5.91 Å². The highest BCUT2D eigenvalue weighted by Crippen LogP contribution is 2.34. The molecule has 2 rings (SSSR count). The number of alkyl halides is 3. The molecule has 0 saturated heterocycles. The molecule has 106 valence electrons. The molecule has 0 aliphatic rings. The minimum absolute atomic E-state index is 0.0951. The van der Waals surface area contributed by atoms with Crippen molar-refractivity contribution in [3.05, 3.63) is 35.0 Å². The second-order valence-electron chi connectivity index (χ2n) is 3.70. The lowest BCUT2D eigenvalue weighted by atomic mass is 10.1. The zero-order valence-electron chi connectivity index (χ0n) is 9.42. The van der Waals surface area contributed by atoms with Crippen LogP contribution < -0.4 is 5.73 Å². The average molecular weight is 292 g/mol. The molecule has 3 N–H and O–H groups in total. The Morgan fingerprint density at radius 1 is 1.15 bits per heavy atom. The fourth-order valence-corrected chi connectivity index (χ4v) is 1.54. The van der Waals surface area contributed by atoms with Gasteiger partial charge in [-0.25, -0.2) is 8.78 Å². The van der Waals surface area contributed by atoms with Crippen molar-refractivity contribution < 1.29 is 26.7 Å². The third-order valence-electron chi connectivity index (χ3n) is 2.39. The summed E-state index contributed by atoms with van der Waals surface area (Å²) in [5, 5.41) is 8.52. The maximum absolute atomic E-state index is 13.7. The SMILES string of the molecule is NC(=O)c1n[nH]nc1-c1c(F)cc(C(F)(F)F)cc1F. The Hall–Kier alpha value is -2.52. The lowest BCUT2D eigenvalue weighted by molar-refractivity contribution is -0.138. The van der Waals surface area contributed by atoms with Crippen LogP contribution >= 0.6 is 0 Å². The normalized spacial score (nSPS) is 11.7. The minimum Gasteiger partial charge on any atom is -0.364 e. The zero-order chi connectivity index (χ0) is 15.1. The minimum atomic E-state index is -4.91. The Bertz CT molecular complexity index is 656. The number of hydrogen-bond donors (Lipinski definition) is 2.